The first-order valence-electron chi connectivity index (χ1n) is 6.53. The Morgan fingerprint density at radius 3 is 2.53 bits per heavy atom. The van der Waals surface area contributed by atoms with Gasteiger partial charge in [0, 0.05) is 11.1 Å². The largest absolute Gasteiger partial charge is 0.330 e. The topological polar surface area (TPSA) is 55.1 Å². The van der Waals surface area contributed by atoms with Crippen LogP contribution in [0.5, 0.6) is 0 Å². The van der Waals surface area contributed by atoms with Crippen LogP contribution in [0.1, 0.15) is 20.3 Å². The molecule has 0 fully saturated rings. The summed E-state index contributed by atoms with van der Waals surface area (Å²) >= 11 is 0. The lowest BCUT2D eigenvalue weighted by molar-refractivity contribution is -0.124. The van der Waals surface area contributed by atoms with Crippen LogP contribution >= 0.6 is 0 Å². The van der Waals surface area contributed by atoms with Crippen LogP contribution in [-0.2, 0) is 4.79 Å². The second kappa shape index (κ2) is 5.41. The third-order valence-corrected chi connectivity index (χ3v) is 3.39. The van der Waals surface area contributed by atoms with Gasteiger partial charge in [-0.25, -0.2) is 0 Å². The SMILES string of the molecule is CC(C)(CCN)C(=O)Nc1ccc2ccccc2c1. The Hall–Kier alpha value is -1.87. The number of nitrogens with one attached hydrogen (secondary N) is 1. The average Bonchev–Trinajstić information content (AvgIpc) is 2.38. The second-order valence-corrected chi connectivity index (χ2v) is 5.44. The first kappa shape index (κ1) is 13.6. The molecule has 0 bridgehead atoms. The van der Waals surface area contributed by atoms with Crippen LogP contribution in [0.15, 0.2) is 42.5 Å². The number of rotatable bonds is 4. The lowest BCUT2D eigenvalue weighted by Crippen LogP contribution is -2.32. The van der Waals surface area contributed by atoms with Crippen molar-refractivity contribution >= 4 is 22.4 Å². The monoisotopic (exact) mass is 256 g/mol. The maximum atomic E-state index is 12.2. The zero-order chi connectivity index (χ0) is 13.9. The molecule has 0 heterocycles. The molecule has 2 aromatic rings. The average molecular weight is 256 g/mol. The summed E-state index contributed by atoms with van der Waals surface area (Å²) in [5.74, 6) is 0.00762. The summed E-state index contributed by atoms with van der Waals surface area (Å²) in [6, 6.07) is 14.0. The van der Waals surface area contributed by atoms with Gasteiger partial charge in [0.2, 0.25) is 5.91 Å². The minimum Gasteiger partial charge on any atom is -0.330 e. The Kier molecular flexibility index (Phi) is 3.86. The normalized spacial score (nSPS) is 11.5. The summed E-state index contributed by atoms with van der Waals surface area (Å²) in [4.78, 5) is 12.2. The van der Waals surface area contributed by atoms with Crippen molar-refractivity contribution in [2.45, 2.75) is 20.3 Å². The van der Waals surface area contributed by atoms with Crippen LogP contribution in [0.25, 0.3) is 10.8 Å². The van der Waals surface area contributed by atoms with Crippen LogP contribution in [0.2, 0.25) is 0 Å². The lowest BCUT2D eigenvalue weighted by atomic mass is 9.88. The van der Waals surface area contributed by atoms with Crippen molar-refractivity contribution in [2.75, 3.05) is 11.9 Å². The highest BCUT2D eigenvalue weighted by molar-refractivity contribution is 5.97. The molecule has 1 amide bonds. The van der Waals surface area contributed by atoms with E-state index in [1.165, 1.54) is 5.39 Å². The number of nitrogens with two attached hydrogens (primary N) is 1. The second-order valence-electron chi connectivity index (χ2n) is 5.44. The Labute approximate surface area is 113 Å². The van der Waals surface area contributed by atoms with E-state index in [-0.39, 0.29) is 5.91 Å². The summed E-state index contributed by atoms with van der Waals surface area (Å²) in [5.41, 5.74) is 5.92. The lowest BCUT2D eigenvalue weighted by Gasteiger charge is -2.22. The maximum absolute atomic E-state index is 12.2. The first-order valence-corrected chi connectivity index (χ1v) is 6.53. The zero-order valence-electron chi connectivity index (χ0n) is 11.4. The number of carbonyl (C=O) groups excluding carboxylic acids is 1. The highest BCUT2D eigenvalue weighted by Gasteiger charge is 2.26. The summed E-state index contributed by atoms with van der Waals surface area (Å²) in [5, 5.41) is 5.26. The molecule has 100 valence electrons. The van der Waals surface area contributed by atoms with Crippen LogP contribution < -0.4 is 11.1 Å². The molecule has 0 spiro atoms. The predicted molar refractivity (Wildman–Crippen MR) is 80.0 cm³/mol. The van der Waals surface area contributed by atoms with E-state index in [1.807, 2.05) is 50.2 Å². The van der Waals surface area contributed by atoms with Crippen molar-refractivity contribution in [1.29, 1.82) is 0 Å². The molecule has 2 aromatic carbocycles. The van der Waals surface area contributed by atoms with Crippen molar-refractivity contribution < 1.29 is 4.79 Å². The standard InChI is InChI=1S/C16H20N2O/c1-16(2,9-10-17)15(19)18-14-8-7-12-5-3-4-6-13(12)11-14/h3-8,11H,9-10,17H2,1-2H3,(H,18,19). The van der Waals surface area contributed by atoms with Crippen molar-refractivity contribution in [1.82, 2.24) is 0 Å². The van der Waals surface area contributed by atoms with Gasteiger partial charge in [0.25, 0.3) is 0 Å². The van der Waals surface area contributed by atoms with Crippen molar-refractivity contribution in [2.24, 2.45) is 11.1 Å². The fourth-order valence-electron chi connectivity index (χ4n) is 2.04. The van der Waals surface area contributed by atoms with Gasteiger partial charge in [0.05, 0.1) is 0 Å². The van der Waals surface area contributed by atoms with Gasteiger partial charge in [-0.15, -0.1) is 0 Å². The van der Waals surface area contributed by atoms with Gasteiger partial charge in [-0.2, -0.15) is 0 Å². The molecule has 0 saturated carbocycles. The van der Waals surface area contributed by atoms with E-state index in [1.54, 1.807) is 0 Å². The molecule has 0 aromatic heterocycles. The molecule has 19 heavy (non-hydrogen) atoms. The first-order chi connectivity index (χ1) is 9.03. The quantitative estimate of drug-likeness (QED) is 0.883. The van der Waals surface area contributed by atoms with E-state index in [0.29, 0.717) is 13.0 Å². The van der Waals surface area contributed by atoms with Gasteiger partial charge in [0.1, 0.15) is 0 Å². The molecule has 0 saturated heterocycles. The summed E-state index contributed by atoms with van der Waals surface area (Å²) in [6.07, 6.45) is 0.673. The number of carbonyl (C=O) groups is 1. The number of hydrogen-bond acceptors (Lipinski definition) is 2. The van der Waals surface area contributed by atoms with Gasteiger partial charge in [-0.3, -0.25) is 4.79 Å². The molecule has 0 aliphatic carbocycles. The summed E-state index contributed by atoms with van der Waals surface area (Å²) in [7, 11) is 0. The van der Waals surface area contributed by atoms with E-state index in [9.17, 15) is 4.79 Å². The maximum Gasteiger partial charge on any atom is 0.230 e. The van der Waals surface area contributed by atoms with E-state index in [4.69, 9.17) is 5.73 Å². The molecule has 0 atom stereocenters. The Morgan fingerprint density at radius 2 is 1.84 bits per heavy atom. The predicted octanol–water partition coefficient (Wildman–Crippen LogP) is 3.15. The molecule has 3 heteroatoms. The van der Waals surface area contributed by atoms with E-state index in [2.05, 4.69) is 11.4 Å². The Balaban J connectivity index is 2.19. The molecule has 0 radical (unpaired) electrons. The highest BCUT2D eigenvalue weighted by Crippen LogP contribution is 2.24. The van der Waals surface area contributed by atoms with Crippen LogP contribution in [0.4, 0.5) is 5.69 Å². The van der Waals surface area contributed by atoms with Crippen molar-refractivity contribution in [3.8, 4) is 0 Å². The van der Waals surface area contributed by atoms with Gasteiger partial charge < -0.3 is 11.1 Å². The third-order valence-electron chi connectivity index (χ3n) is 3.39. The Bertz CT molecular complexity index is 590. The van der Waals surface area contributed by atoms with E-state index in [0.717, 1.165) is 11.1 Å². The molecule has 0 unspecified atom stereocenters. The van der Waals surface area contributed by atoms with E-state index < -0.39 is 5.41 Å². The molecular weight excluding hydrogens is 236 g/mol. The summed E-state index contributed by atoms with van der Waals surface area (Å²) in [6.45, 7) is 4.34. The zero-order valence-corrected chi connectivity index (χ0v) is 11.4. The van der Waals surface area contributed by atoms with Gasteiger partial charge in [0.15, 0.2) is 0 Å². The minimum absolute atomic E-state index is 0.00762. The van der Waals surface area contributed by atoms with Gasteiger partial charge in [-0.05, 0) is 35.9 Å². The fraction of sp³-hybridized carbons (Fsp3) is 0.312. The number of amides is 1. The van der Waals surface area contributed by atoms with Gasteiger partial charge in [-0.1, -0.05) is 44.2 Å². The molecule has 0 aliphatic rings. The minimum atomic E-state index is -0.444. The van der Waals surface area contributed by atoms with Crippen molar-refractivity contribution in [3.63, 3.8) is 0 Å². The molecule has 3 N–H and O–H groups in total. The fourth-order valence-corrected chi connectivity index (χ4v) is 2.04. The number of anilines is 1. The number of benzene rings is 2. The van der Waals surface area contributed by atoms with Gasteiger partial charge >= 0.3 is 0 Å². The van der Waals surface area contributed by atoms with Crippen LogP contribution in [-0.4, -0.2) is 12.5 Å². The molecule has 0 aliphatic heterocycles. The van der Waals surface area contributed by atoms with Crippen LogP contribution in [0.3, 0.4) is 0 Å². The van der Waals surface area contributed by atoms with Crippen LogP contribution in [0, 0.1) is 5.41 Å². The van der Waals surface area contributed by atoms with E-state index >= 15 is 0 Å². The Morgan fingerprint density at radius 1 is 1.16 bits per heavy atom. The molecule has 3 nitrogen and oxygen atoms in total. The van der Waals surface area contributed by atoms with Crippen molar-refractivity contribution in [3.05, 3.63) is 42.5 Å². The molecule has 2 rings (SSSR count). The number of hydrogen-bond donors (Lipinski definition) is 2. The molecular formula is C16H20N2O. The smallest absolute Gasteiger partial charge is 0.230 e. The number of fused-ring (bicyclic) bond motifs is 1. The summed E-state index contributed by atoms with van der Waals surface area (Å²) < 4.78 is 0. The highest BCUT2D eigenvalue weighted by atomic mass is 16.2. The third kappa shape index (κ3) is 3.12.